The van der Waals surface area contributed by atoms with E-state index in [9.17, 15) is 24.1 Å². The standard InChI is InChI=1S/C20H22ClF2N5O3S/c21-17-14(19-26-11-3-1-2-4-13(11)32-19)18(28-20(27-17)24-10(6-22)7-23)25-12-5-9(8-29)15(30)16(12)31/h1-4,9-10,12,15-16,29-31H,5-8H2,(H2,24,25,27,28)/t9-,12-,15-,16+/m1/s1. The summed E-state index contributed by atoms with van der Waals surface area (Å²) in [5, 5.41) is 36.2. The van der Waals surface area contributed by atoms with Crippen LogP contribution >= 0.6 is 22.9 Å². The highest BCUT2D eigenvalue weighted by molar-refractivity contribution is 7.21. The van der Waals surface area contributed by atoms with Crippen molar-refractivity contribution in [3.8, 4) is 10.6 Å². The van der Waals surface area contributed by atoms with Gasteiger partial charge in [-0.3, -0.25) is 0 Å². The van der Waals surface area contributed by atoms with Crippen LogP contribution in [0.3, 0.4) is 0 Å². The Morgan fingerprint density at radius 1 is 1.12 bits per heavy atom. The van der Waals surface area contributed by atoms with E-state index in [-0.39, 0.29) is 29.9 Å². The average molecular weight is 486 g/mol. The van der Waals surface area contributed by atoms with Gasteiger partial charge in [-0.2, -0.15) is 4.98 Å². The maximum atomic E-state index is 13.0. The molecule has 1 saturated carbocycles. The first-order valence-electron chi connectivity index (χ1n) is 10.0. The molecule has 12 heteroatoms. The van der Waals surface area contributed by atoms with Crippen LogP contribution < -0.4 is 10.6 Å². The number of rotatable bonds is 8. The second-order valence-corrected chi connectivity index (χ2v) is 9.00. The van der Waals surface area contributed by atoms with Crippen molar-refractivity contribution in [3.05, 3.63) is 29.4 Å². The van der Waals surface area contributed by atoms with Gasteiger partial charge in [0, 0.05) is 12.5 Å². The predicted octanol–water partition coefficient (Wildman–Crippen LogP) is 2.64. The van der Waals surface area contributed by atoms with Gasteiger partial charge in [-0.05, 0) is 18.6 Å². The third kappa shape index (κ3) is 4.48. The lowest BCUT2D eigenvalue weighted by Gasteiger charge is -2.21. The van der Waals surface area contributed by atoms with Crippen LogP contribution in [0.2, 0.25) is 5.15 Å². The number of hydrogen-bond acceptors (Lipinski definition) is 9. The van der Waals surface area contributed by atoms with E-state index < -0.39 is 43.6 Å². The fourth-order valence-electron chi connectivity index (χ4n) is 3.70. The highest BCUT2D eigenvalue weighted by Gasteiger charge is 2.41. The monoisotopic (exact) mass is 485 g/mol. The van der Waals surface area contributed by atoms with E-state index in [4.69, 9.17) is 11.6 Å². The molecule has 172 valence electrons. The van der Waals surface area contributed by atoms with Crippen LogP contribution in [0.15, 0.2) is 24.3 Å². The van der Waals surface area contributed by atoms with Crippen LogP contribution in [0, 0.1) is 5.92 Å². The smallest absolute Gasteiger partial charge is 0.226 e. The van der Waals surface area contributed by atoms with Crippen molar-refractivity contribution in [2.45, 2.75) is 30.7 Å². The highest BCUT2D eigenvalue weighted by Crippen LogP contribution is 2.40. The number of thiazole rings is 1. The number of anilines is 2. The lowest BCUT2D eigenvalue weighted by Crippen LogP contribution is -2.36. The fourth-order valence-corrected chi connectivity index (χ4v) is 5.02. The van der Waals surface area contributed by atoms with E-state index in [0.717, 1.165) is 10.2 Å². The molecule has 0 saturated heterocycles. The molecule has 2 heterocycles. The Morgan fingerprint density at radius 3 is 2.53 bits per heavy atom. The Kier molecular flexibility index (Phi) is 7.01. The van der Waals surface area contributed by atoms with Gasteiger partial charge in [0.1, 0.15) is 35.4 Å². The Hall–Kier alpha value is -2.18. The number of nitrogens with one attached hydrogen (secondary N) is 2. The van der Waals surface area contributed by atoms with Crippen molar-refractivity contribution in [2.24, 2.45) is 5.92 Å². The number of benzene rings is 1. The normalized spacial score (nSPS) is 23.2. The maximum absolute atomic E-state index is 13.0. The zero-order valence-corrected chi connectivity index (χ0v) is 18.3. The molecule has 1 aliphatic carbocycles. The summed E-state index contributed by atoms with van der Waals surface area (Å²) in [5.74, 6) is -0.405. The Bertz CT molecular complexity index is 1050. The molecule has 1 fully saturated rings. The number of nitrogens with zero attached hydrogens (tertiary/aromatic N) is 3. The van der Waals surface area contributed by atoms with Gasteiger partial charge in [0.05, 0.1) is 34.0 Å². The Balaban J connectivity index is 1.76. The molecule has 1 aromatic carbocycles. The van der Waals surface area contributed by atoms with E-state index in [1.165, 1.54) is 11.3 Å². The lowest BCUT2D eigenvalue weighted by atomic mass is 10.1. The third-order valence-corrected chi connectivity index (χ3v) is 6.76. The SMILES string of the molecule is OC[C@H]1C[C@@H](Nc2nc(NC(CF)CF)nc(Cl)c2-c2nc3ccccc3s2)[C@H](O)[C@@H]1O. The molecule has 0 aliphatic heterocycles. The van der Waals surface area contributed by atoms with Crippen molar-refractivity contribution in [1.82, 2.24) is 15.0 Å². The number of hydrogen-bond donors (Lipinski definition) is 5. The Labute approximate surface area is 191 Å². The summed E-state index contributed by atoms with van der Waals surface area (Å²) in [6, 6.07) is 5.72. The van der Waals surface area contributed by atoms with Gasteiger partial charge in [-0.25, -0.2) is 18.7 Å². The summed E-state index contributed by atoms with van der Waals surface area (Å²) in [7, 11) is 0. The Morgan fingerprint density at radius 2 is 1.88 bits per heavy atom. The molecule has 0 amide bonds. The summed E-state index contributed by atoms with van der Waals surface area (Å²) < 4.78 is 26.9. The molecule has 0 radical (unpaired) electrons. The molecule has 0 bridgehead atoms. The van der Waals surface area contributed by atoms with Crippen molar-refractivity contribution < 1.29 is 24.1 Å². The van der Waals surface area contributed by atoms with Gasteiger partial charge in [0.15, 0.2) is 0 Å². The number of halogens is 3. The first kappa shape index (κ1) is 23.0. The highest BCUT2D eigenvalue weighted by atomic mass is 35.5. The molecule has 8 nitrogen and oxygen atoms in total. The molecule has 0 spiro atoms. The largest absolute Gasteiger partial charge is 0.396 e. The minimum Gasteiger partial charge on any atom is -0.396 e. The van der Waals surface area contributed by atoms with Gasteiger partial charge < -0.3 is 26.0 Å². The van der Waals surface area contributed by atoms with Crippen LogP contribution in [0.1, 0.15) is 6.42 Å². The summed E-state index contributed by atoms with van der Waals surface area (Å²) in [6.07, 6.45) is -1.99. The molecule has 0 unspecified atom stereocenters. The summed E-state index contributed by atoms with van der Waals surface area (Å²) in [6.45, 7) is -2.22. The van der Waals surface area contributed by atoms with E-state index >= 15 is 0 Å². The zero-order chi connectivity index (χ0) is 22.8. The zero-order valence-electron chi connectivity index (χ0n) is 16.8. The van der Waals surface area contributed by atoms with Crippen LogP contribution in [0.4, 0.5) is 20.5 Å². The van der Waals surface area contributed by atoms with Crippen molar-refractivity contribution in [1.29, 1.82) is 0 Å². The quantitative estimate of drug-likeness (QED) is 0.308. The van der Waals surface area contributed by atoms with Crippen LogP contribution in [-0.4, -0.2) is 74.5 Å². The van der Waals surface area contributed by atoms with E-state index in [2.05, 4.69) is 25.6 Å². The van der Waals surface area contributed by atoms with Crippen LogP contribution in [0.5, 0.6) is 0 Å². The van der Waals surface area contributed by atoms with Crippen LogP contribution in [-0.2, 0) is 0 Å². The second kappa shape index (κ2) is 9.75. The average Bonchev–Trinajstić information content (AvgIpc) is 3.33. The molecule has 1 aliphatic rings. The summed E-state index contributed by atoms with van der Waals surface area (Å²) >= 11 is 7.83. The topological polar surface area (TPSA) is 123 Å². The predicted molar refractivity (Wildman–Crippen MR) is 120 cm³/mol. The molecule has 32 heavy (non-hydrogen) atoms. The van der Waals surface area contributed by atoms with Gasteiger partial charge in [0.25, 0.3) is 0 Å². The number of aliphatic hydroxyl groups excluding tert-OH is 3. The van der Waals surface area contributed by atoms with E-state index in [1.807, 2.05) is 24.3 Å². The minimum absolute atomic E-state index is 0.00673. The first-order chi connectivity index (χ1) is 15.4. The number of fused-ring (bicyclic) bond motifs is 1. The summed E-state index contributed by atoms with van der Waals surface area (Å²) in [4.78, 5) is 13.1. The number of para-hydroxylation sites is 1. The van der Waals surface area contributed by atoms with Gasteiger partial charge in [-0.1, -0.05) is 23.7 Å². The van der Waals surface area contributed by atoms with E-state index in [1.54, 1.807) is 0 Å². The fraction of sp³-hybridized carbons (Fsp3) is 0.450. The molecular weight excluding hydrogens is 464 g/mol. The molecule has 4 atom stereocenters. The molecule has 3 aromatic rings. The molecule has 2 aromatic heterocycles. The maximum Gasteiger partial charge on any atom is 0.226 e. The molecular formula is C20H22ClF2N5O3S. The van der Waals surface area contributed by atoms with E-state index in [0.29, 0.717) is 10.6 Å². The number of aliphatic hydroxyl groups is 3. The second-order valence-electron chi connectivity index (χ2n) is 7.61. The molecule has 5 N–H and O–H groups in total. The van der Waals surface area contributed by atoms with Gasteiger partial charge >= 0.3 is 0 Å². The number of aromatic nitrogens is 3. The first-order valence-corrected chi connectivity index (χ1v) is 11.2. The third-order valence-electron chi connectivity index (χ3n) is 5.44. The number of alkyl halides is 2. The van der Waals surface area contributed by atoms with Gasteiger partial charge in [0.2, 0.25) is 5.95 Å². The summed E-state index contributed by atoms with van der Waals surface area (Å²) in [5.41, 5.74) is 1.12. The molecule has 4 rings (SSSR count). The minimum atomic E-state index is -1.16. The van der Waals surface area contributed by atoms with Gasteiger partial charge in [-0.15, -0.1) is 11.3 Å². The van der Waals surface area contributed by atoms with Crippen molar-refractivity contribution in [3.63, 3.8) is 0 Å². The van der Waals surface area contributed by atoms with Crippen molar-refractivity contribution in [2.75, 3.05) is 30.6 Å². The lowest BCUT2D eigenvalue weighted by molar-refractivity contribution is 0.00446. The van der Waals surface area contributed by atoms with Crippen molar-refractivity contribution >= 4 is 44.9 Å². The van der Waals surface area contributed by atoms with Crippen LogP contribution in [0.25, 0.3) is 20.8 Å².